The summed E-state index contributed by atoms with van der Waals surface area (Å²) in [7, 11) is 0. The molecule has 7 aliphatic heterocycles. The summed E-state index contributed by atoms with van der Waals surface area (Å²) in [6.07, 6.45) is -55.3. The summed E-state index contributed by atoms with van der Waals surface area (Å²) < 4.78 is 92.0. The number of nitrogens with two attached hydrogens (primary N) is 1. The van der Waals surface area contributed by atoms with Crippen LogP contribution in [0.15, 0.2) is 35.9 Å². The molecule has 0 spiro atoms. The van der Waals surface area contributed by atoms with Crippen LogP contribution in [0.1, 0.15) is 131 Å². The largest absolute Gasteiger partial charge is 0.458 e. The molecular formula is C79H122N2O37. The SMILES string of the molecule is CC(=O)N[C@H]1[C@H](O[C@H]2CC[C@]3(C)[C@H]4CC=C5[C@H]6CC(C)(C)[C@@H](OC(=O)c7ccccc7N)C[C@]6(C(=O)O[C@@H]6O[C@H](CO)[C@@H](O)[C@H](O)[C@H]6O[C@@H]6O[C@@H](C)[C@H](O[C@@H]7O[C@@H](CO)[C@H](O)[C@H]7O)[C@@H](O[C@@H]7O[C@H](CO)[C@@H](O)[C@H](O)[C@H]7O)[C@H]6O)[C@H](O)C[C@@]5(C)[C@]4(C)CC[C@H]3C2(C)C)O[C@H](CO[C@@H]2O[C@H](C)[C@H](O)[C@H](O)[C@H]2O[C@@H]2OC[C@@H](O)[C@H](O)[C@H]2O)[C@@H](O)[C@@H]1O. The molecule has 13 rings (SSSR count). The van der Waals surface area contributed by atoms with Gasteiger partial charge in [-0.2, -0.15) is 0 Å². The molecule has 5 aliphatic carbocycles. The van der Waals surface area contributed by atoms with Gasteiger partial charge in [-0.3, -0.25) is 9.59 Å². The summed E-state index contributed by atoms with van der Waals surface area (Å²) in [4.78, 5) is 43.9. The van der Waals surface area contributed by atoms with Gasteiger partial charge in [0.25, 0.3) is 0 Å². The van der Waals surface area contributed by atoms with Gasteiger partial charge in [0.2, 0.25) is 12.2 Å². The van der Waals surface area contributed by atoms with E-state index in [-0.39, 0.29) is 35.9 Å². The maximum absolute atomic E-state index is 16.5. The molecule has 118 heavy (non-hydrogen) atoms. The van der Waals surface area contributed by atoms with Gasteiger partial charge in [0.15, 0.2) is 43.8 Å². The van der Waals surface area contributed by atoms with E-state index < -0.39 is 317 Å². The van der Waals surface area contributed by atoms with Crippen molar-refractivity contribution in [1.29, 1.82) is 0 Å². The fourth-order valence-corrected chi connectivity index (χ4v) is 21.8. The number of hydrogen-bond donors (Lipinski definition) is 21. The van der Waals surface area contributed by atoms with E-state index in [2.05, 4.69) is 46.0 Å². The van der Waals surface area contributed by atoms with E-state index in [1.807, 2.05) is 13.8 Å². The van der Waals surface area contributed by atoms with Crippen molar-refractivity contribution >= 4 is 23.5 Å². The predicted octanol–water partition coefficient (Wildman–Crippen LogP) is -5.70. The smallest absolute Gasteiger partial charge is 0.340 e. The highest BCUT2D eigenvalue weighted by Crippen LogP contribution is 2.76. The molecule has 670 valence electrons. The number of carbonyl (C=O) groups is 3. The van der Waals surface area contributed by atoms with Crippen LogP contribution in [0.5, 0.6) is 0 Å². The van der Waals surface area contributed by atoms with Gasteiger partial charge in [-0.25, -0.2) is 4.79 Å². The zero-order chi connectivity index (χ0) is 86.0. The molecule has 0 bridgehead atoms. The number of aliphatic hydroxyl groups excluding tert-OH is 19. The Morgan fingerprint density at radius 1 is 0.508 bits per heavy atom. The molecule has 39 heteroatoms. The predicted molar refractivity (Wildman–Crippen MR) is 394 cm³/mol. The van der Waals surface area contributed by atoms with Gasteiger partial charge in [-0.05, 0) is 110 Å². The van der Waals surface area contributed by atoms with Crippen LogP contribution in [0.3, 0.4) is 0 Å². The fraction of sp³-hybridized carbons (Fsp3) is 0.861. The number of anilines is 1. The standard InChI is InChI=1S/C79H122N2O37/c1-29-47(88)55(96)63(116-67-57(98)48(89)36(86)27-104-67)71(106-29)105-28-40-52(93)53(94)46(81-31(3)85)66(111-40)113-44-18-19-76(8)41(75(44,6)7)17-20-77(9)42(76)16-15-33-34-21-74(4,5)45(112-65(102)32-13-11-12-14-35(32)80)23-79(34,43(87)22-78(33,77)10)73(103)118-72-64(56(97)50(91)38(25-83)110-72)117-70-60(101)62(115-69-59(100)54(95)49(90)37(24-82)108-69)61(30(2)107-70)114-68-58(99)51(92)39(26-84)109-68/h11-15,29-30,34,36-64,66-72,82-84,86-101H,16-28,80H2,1-10H3,(H,81,85)/t29-,30+,34-,36-,37-,38-,39+,40-,41+,42-,43-,44+,45+,46-,47+,48+,49-,50-,51+,52-,53-,54+,55+,56+,57-,58-,59-,60-,61+,62+,63-,64-,66+,67+,68+,69+,70+,71-,72+,76+,77-,78-,79-/m1/s1. The molecule has 39 nitrogen and oxygen atoms in total. The van der Waals surface area contributed by atoms with Crippen molar-refractivity contribution in [3.8, 4) is 0 Å². The van der Waals surface area contributed by atoms with Crippen LogP contribution in [0, 0.1) is 50.2 Å². The number of rotatable bonds is 21. The van der Waals surface area contributed by atoms with Gasteiger partial charge in [0, 0.05) is 24.4 Å². The summed E-state index contributed by atoms with van der Waals surface area (Å²) >= 11 is 0. The molecule has 43 atom stereocenters. The van der Waals surface area contributed by atoms with Crippen LogP contribution in [0.25, 0.3) is 0 Å². The molecule has 0 unspecified atom stereocenters. The number of ether oxygens (including phenoxy) is 15. The number of nitrogens with one attached hydrogen (secondary N) is 1. The monoisotopic (exact) mass is 1690 g/mol. The highest BCUT2D eigenvalue weighted by molar-refractivity contribution is 5.95. The van der Waals surface area contributed by atoms with Crippen molar-refractivity contribution in [2.24, 2.45) is 50.2 Å². The third-order valence-corrected chi connectivity index (χ3v) is 28.9. The van der Waals surface area contributed by atoms with Crippen molar-refractivity contribution in [3.63, 3.8) is 0 Å². The number of fused-ring (bicyclic) bond motifs is 7. The lowest BCUT2D eigenvalue weighted by molar-refractivity contribution is -0.390. The van der Waals surface area contributed by atoms with Gasteiger partial charge in [-0.1, -0.05) is 72.2 Å². The Balaban J connectivity index is 0.783. The van der Waals surface area contributed by atoms with E-state index in [0.29, 0.717) is 32.1 Å². The Morgan fingerprint density at radius 2 is 1.05 bits per heavy atom. The number of aliphatic hydroxyl groups is 19. The zero-order valence-corrected chi connectivity index (χ0v) is 67.5. The highest BCUT2D eigenvalue weighted by atomic mass is 16.8. The van der Waals surface area contributed by atoms with Crippen LogP contribution < -0.4 is 11.1 Å². The van der Waals surface area contributed by atoms with E-state index in [4.69, 9.17) is 76.8 Å². The van der Waals surface area contributed by atoms with E-state index in [1.54, 1.807) is 12.1 Å². The molecule has 22 N–H and O–H groups in total. The minimum atomic E-state index is -2.22. The third kappa shape index (κ3) is 16.1. The molecule has 0 aromatic heterocycles. The quantitative estimate of drug-likeness (QED) is 0.0236. The van der Waals surface area contributed by atoms with Crippen LogP contribution >= 0.6 is 0 Å². The molecule has 0 radical (unpaired) electrons. The number of hydrogen-bond acceptors (Lipinski definition) is 38. The Labute approximate surface area is 680 Å². The lowest BCUT2D eigenvalue weighted by atomic mass is 9.33. The first-order valence-electron chi connectivity index (χ1n) is 40.8. The zero-order valence-electron chi connectivity index (χ0n) is 67.5. The normalized spacial score (nSPS) is 50.6. The number of carbonyl (C=O) groups excluding carboxylic acids is 3. The summed E-state index contributed by atoms with van der Waals surface area (Å²) in [5, 5.41) is 215. The van der Waals surface area contributed by atoms with E-state index in [0.717, 1.165) is 5.57 Å². The molecule has 11 fully saturated rings. The van der Waals surface area contributed by atoms with Crippen molar-refractivity contribution < 1.29 is 182 Å². The van der Waals surface area contributed by atoms with Gasteiger partial charge < -0.3 is 179 Å². The van der Waals surface area contributed by atoms with Crippen molar-refractivity contribution in [2.75, 3.05) is 38.8 Å². The van der Waals surface area contributed by atoms with E-state index in [9.17, 15) is 107 Å². The van der Waals surface area contributed by atoms with Gasteiger partial charge in [0.1, 0.15) is 152 Å². The Hall–Kier alpha value is -4.11. The molecule has 12 aliphatic rings. The first kappa shape index (κ1) is 91.6. The third-order valence-electron chi connectivity index (χ3n) is 28.9. The molecular weight excluding hydrogens is 1570 g/mol. The Kier molecular flexibility index (Phi) is 27.2. The van der Waals surface area contributed by atoms with Gasteiger partial charge in [0.05, 0.1) is 63.0 Å². The number of amides is 1. The lowest BCUT2D eigenvalue weighted by Gasteiger charge is -2.72. The Morgan fingerprint density at radius 3 is 1.69 bits per heavy atom. The average molecular weight is 1690 g/mol. The number of nitrogen functional groups attached to an aromatic ring is 1. The van der Waals surface area contributed by atoms with Gasteiger partial charge in [-0.15, -0.1) is 0 Å². The summed E-state index contributed by atoms with van der Waals surface area (Å²) in [5.41, 5.74) is 1.38. The summed E-state index contributed by atoms with van der Waals surface area (Å²) in [6.45, 7) is 14.8. The molecule has 7 heterocycles. The topological polar surface area (TPSA) is 612 Å². The van der Waals surface area contributed by atoms with Crippen LogP contribution in [0.2, 0.25) is 0 Å². The average Bonchev–Trinajstić information content (AvgIpc) is 0.845. The van der Waals surface area contributed by atoms with E-state index in [1.165, 1.54) is 32.9 Å². The molecule has 4 saturated carbocycles. The summed E-state index contributed by atoms with van der Waals surface area (Å²) in [6, 6.07) is 4.89. The second-order valence-corrected chi connectivity index (χ2v) is 36.6. The number of para-hydroxylation sites is 1. The molecule has 7 saturated heterocycles. The second kappa shape index (κ2) is 35.0. The molecule has 1 aromatic carbocycles. The van der Waals surface area contributed by atoms with Crippen LogP contribution in [-0.4, -0.2) is 369 Å². The fourth-order valence-electron chi connectivity index (χ4n) is 21.8. The number of allylic oxidation sites excluding steroid dienone is 2. The number of benzene rings is 1. The maximum Gasteiger partial charge on any atom is 0.340 e. The maximum atomic E-state index is 16.5. The highest BCUT2D eigenvalue weighted by Gasteiger charge is 2.74. The minimum absolute atomic E-state index is 0.0201. The first-order valence-corrected chi connectivity index (χ1v) is 40.8. The van der Waals surface area contributed by atoms with Crippen molar-refractivity contribution in [2.45, 2.75) is 342 Å². The Bertz CT molecular complexity index is 3680. The van der Waals surface area contributed by atoms with Gasteiger partial charge >= 0.3 is 11.9 Å². The van der Waals surface area contributed by atoms with Crippen molar-refractivity contribution in [3.05, 3.63) is 41.5 Å². The number of esters is 2. The van der Waals surface area contributed by atoms with Crippen LogP contribution in [-0.2, 0) is 80.6 Å². The minimum Gasteiger partial charge on any atom is -0.458 e. The van der Waals surface area contributed by atoms with E-state index >= 15 is 4.79 Å². The first-order chi connectivity index (χ1) is 55.4. The van der Waals surface area contributed by atoms with Crippen LogP contribution in [0.4, 0.5) is 5.69 Å². The lowest BCUT2D eigenvalue weighted by Crippen LogP contribution is -2.70. The second-order valence-electron chi connectivity index (χ2n) is 36.6. The van der Waals surface area contributed by atoms with Crippen molar-refractivity contribution in [1.82, 2.24) is 5.32 Å². The molecule has 1 aromatic rings. The molecule has 1 amide bonds. The summed E-state index contributed by atoms with van der Waals surface area (Å²) in [5.74, 6) is -3.76.